The fraction of sp³-hybridized carbons (Fsp3) is 0.350. The van der Waals surface area contributed by atoms with E-state index in [2.05, 4.69) is 0 Å². The van der Waals surface area contributed by atoms with Crippen molar-refractivity contribution in [2.75, 3.05) is 0 Å². The van der Waals surface area contributed by atoms with E-state index in [9.17, 15) is 53.1 Å². The fourth-order valence-electron chi connectivity index (χ4n) is 3.58. The fourth-order valence-corrected chi connectivity index (χ4v) is 3.58. The first-order valence-corrected chi connectivity index (χ1v) is 8.93. The summed E-state index contributed by atoms with van der Waals surface area (Å²) >= 11 is 0. The van der Waals surface area contributed by atoms with E-state index < -0.39 is 69.7 Å². The molecule has 0 saturated carbocycles. The van der Waals surface area contributed by atoms with Crippen LogP contribution in [0.3, 0.4) is 0 Å². The minimum Gasteiger partial charge on any atom is -0.289 e. The van der Waals surface area contributed by atoms with Crippen molar-refractivity contribution in [3.8, 4) is 0 Å². The molecule has 1 aliphatic rings. The molecule has 0 fully saturated rings. The molecule has 3 rings (SSSR count). The predicted molar refractivity (Wildman–Crippen MR) is 88.9 cm³/mol. The molecule has 0 aromatic heterocycles. The largest absolute Gasteiger partial charge is 0.460 e. The predicted octanol–water partition coefficient (Wildman–Crippen LogP) is 7.10. The molecule has 1 aliphatic carbocycles. The number of fused-ring (bicyclic) bond motifs is 2. The Hall–Kier alpha value is -2.80. The Morgan fingerprint density at radius 2 is 0.853 bits per heavy atom. The van der Waals surface area contributed by atoms with Gasteiger partial charge in [-0.05, 0) is 11.1 Å². The van der Waals surface area contributed by atoms with Gasteiger partial charge in [-0.2, -0.15) is 57.1 Å². The summed E-state index contributed by atoms with van der Waals surface area (Å²) in [6, 6.07) is 6.85. The number of rotatable bonds is 5. The van der Waals surface area contributed by atoms with Crippen LogP contribution in [0.4, 0.5) is 57.1 Å². The molecule has 0 N–H and O–H groups in total. The smallest absolute Gasteiger partial charge is 0.289 e. The van der Waals surface area contributed by atoms with Crippen LogP contribution >= 0.6 is 0 Å². The molecule has 0 amide bonds. The summed E-state index contributed by atoms with van der Waals surface area (Å²) in [4.78, 5) is 12.5. The van der Waals surface area contributed by atoms with Crippen molar-refractivity contribution in [3.63, 3.8) is 0 Å². The Balaban J connectivity index is 2.26. The lowest BCUT2D eigenvalue weighted by atomic mass is 9.72. The summed E-state index contributed by atoms with van der Waals surface area (Å²) in [5.74, 6) is -41.9. The first kappa shape index (κ1) is 25.8. The van der Waals surface area contributed by atoms with Crippen molar-refractivity contribution < 1.29 is 61.9 Å². The van der Waals surface area contributed by atoms with Crippen LogP contribution in [-0.2, 0) is 0 Å². The third-order valence-corrected chi connectivity index (χ3v) is 5.35. The summed E-state index contributed by atoms with van der Waals surface area (Å²) in [6.07, 6.45) is -7.48. The molecule has 1 nitrogen and oxygen atoms in total. The molecule has 2 aromatic carbocycles. The highest BCUT2D eigenvalue weighted by Crippen LogP contribution is 2.63. The Labute approximate surface area is 181 Å². The third-order valence-electron chi connectivity index (χ3n) is 5.35. The van der Waals surface area contributed by atoms with Gasteiger partial charge < -0.3 is 0 Å². The Morgan fingerprint density at radius 1 is 0.500 bits per heavy atom. The molecule has 0 heterocycles. The molecule has 0 saturated heterocycles. The van der Waals surface area contributed by atoms with Crippen LogP contribution in [-0.4, -0.2) is 41.6 Å². The van der Waals surface area contributed by atoms with Gasteiger partial charge in [-0.25, -0.2) is 0 Å². The summed E-state index contributed by atoms with van der Waals surface area (Å²) < 4.78 is 178. The maximum atomic E-state index is 15.1. The molecule has 0 aliphatic heterocycles. The number of halogens is 13. The van der Waals surface area contributed by atoms with Crippen LogP contribution in [0.25, 0.3) is 0 Å². The second-order valence-electron chi connectivity index (χ2n) is 7.35. The SMILES string of the molecule is O=C1c2ccccc2C(C(F)(F)C(F)(F)C(F)(F)C(F)(F)C(F)(F)C(F)(F)F)c2ccccc21. The standard InChI is InChI=1S/C20H9F13O/c21-15(22,16(23,24)17(25,26)18(27,28)19(29,30)20(31,32)33)13-9-5-1-3-7-11(9)14(34)12-8-4-2-6-10(12)13/h1-8,13H. The van der Waals surface area contributed by atoms with Gasteiger partial charge in [-0.3, -0.25) is 4.79 Å². The number of benzene rings is 2. The van der Waals surface area contributed by atoms with Gasteiger partial charge in [0.25, 0.3) is 0 Å². The summed E-state index contributed by atoms with van der Waals surface area (Å²) in [5, 5.41) is 0. The second-order valence-corrected chi connectivity index (χ2v) is 7.35. The maximum Gasteiger partial charge on any atom is 0.460 e. The van der Waals surface area contributed by atoms with Crippen LogP contribution < -0.4 is 0 Å². The van der Waals surface area contributed by atoms with E-state index in [1.807, 2.05) is 0 Å². The second kappa shape index (κ2) is 7.35. The number of hydrogen-bond donors (Lipinski definition) is 0. The number of ketones is 1. The van der Waals surface area contributed by atoms with E-state index >= 15 is 8.78 Å². The van der Waals surface area contributed by atoms with E-state index in [0.717, 1.165) is 36.4 Å². The molecule has 14 heteroatoms. The van der Waals surface area contributed by atoms with Gasteiger partial charge in [0.2, 0.25) is 0 Å². The third kappa shape index (κ3) is 3.13. The number of carbonyl (C=O) groups excluding carboxylic acids is 1. The van der Waals surface area contributed by atoms with E-state index in [-0.39, 0.29) is 0 Å². The topological polar surface area (TPSA) is 17.1 Å². The lowest BCUT2D eigenvalue weighted by molar-refractivity contribution is -0.440. The Bertz CT molecular complexity index is 1070. The molecule has 2 aromatic rings. The van der Waals surface area contributed by atoms with Crippen molar-refractivity contribution in [1.29, 1.82) is 0 Å². The number of hydrogen-bond acceptors (Lipinski definition) is 1. The lowest BCUT2D eigenvalue weighted by Gasteiger charge is -2.43. The summed E-state index contributed by atoms with van der Waals surface area (Å²) in [6.45, 7) is 0. The zero-order valence-electron chi connectivity index (χ0n) is 16.0. The summed E-state index contributed by atoms with van der Waals surface area (Å²) in [5.41, 5.74) is -3.51. The summed E-state index contributed by atoms with van der Waals surface area (Å²) in [7, 11) is 0. The van der Waals surface area contributed by atoms with Gasteiger partial charge in [0.15, 0.2) is 5.78 Å². The average Bonchev–Trinajstić information content (AvgIpc) is 2.72. The zero-order valence-corrected chi connectivity index (χ0v) is 16.0. The maximum absolute atomic E-state index is 15.1. The molecule has 0 radical (unpaired) electrons. The molecular formula is C20H9F13O. The number of alkyl halides is 13. The molecule has 34 heavy (non-hydrogen) atoms. The van der Waals surface area contributed by atoms with Crippen molar-refractivity contribution >= 4 is 5.78 Å². The number of carbonyl (C=O) groups is 1. The Morgan fingerprint density at radius 3 is 1.24 bits per heavy atom. The average molecular weight is 512 g/mol. The monoisotopic (exact) mass is 512 g/mol. The van der Waals surface area contributed by atoms with E-state index in [0.29, 0.717) is 12.1 Å². The van der Waals surface area contributed by atoms with E-state index in [1.54, 1.807) is 0 Å². The van der Waals surface area contributed by atoms with Crippen LogP contribution in [0, 0.1) is 0 Å². The molecule has 0 atom stereocenters. The van der Waals surface area contributed by atoms with Crippen LogP contribution in [0.1, 0.15) is 33.0 Å². The molecule has 0 spiro atoms. The molecule has 0 unspecified atom stereocenters. The van der Waals surface area contributed by atoms with Gasteiger partial charge in [-0.15, -0.1) is 0 Å². The first-order chi connectivity index (χ1) is 15.2. The van der Waals surface area contributed by atoms with Gasteiger partial charge in [0.1, 0.15) is 0 Å². The van der Waals surface area contributed by atoms with Gasteiger partial charge in [-0.1, -0.05) is 48.5 Å². The Kier molecular flexibility index (Phi) is 5.58. The van der Waals surface area contributed by atoms with Gasteiger partial charge in [0.05, 0.1) is 5.92 Å². The lowest BCUT2D eigenvalue weighted by Crippen LogP contribution is -2.70. The van der Waals surface area contributed by atoms with Crippen molar-refractivity contribution in [2.24, 2.45) is 0 Å². The normalized spacial score (nSPS) is 16.3. The highest BCUT2D eigenvalue weighted by atomic mass is 19.4. The van der Waals surface area contributed by atoms with Gasteiger partial charge >= 0.3 is 35.8 Å². The minimum atomic E-state index is -7.99. The zero-order chi connectivity index (χ0) is 26.1. The van der Waals surface area contributed by atoms with Crippen molar-refractivity contribution in [2.45, 2.75) is 41.7 Å². The first-order valence-electron chi connectivity index (χ1n) is 8.93. The van der Waals surface area contributed by atoms with E-state index in [1.165, 1.54) is 0 Å². The van der Waals surface area contributed by atoms with Crippen LogP contribution in [0.2, 0.25) is 0 Å². The quantitative estimate of drug-likeness (QED) is 0.391. The van der Waals surface area contributed by atoms with Crippen LogP contribution in [0.15, 0.2) is 48.5 Å². The van der Waals surface area contributed by atoms with Crippen molar-refractivity contribution in [1.82, 2.24) is 0 Å². The van der Waals surface area contributed by atoms with Crippen molar-refractivity contribution in [3.05, 3.63) is 70.8 Å². The molecule has 186 valence electrons. The highest BCUT2D eigenvalue weighted by molar-refractivity contribution is 6.12. The highest BCUT2D eigenvalue weighted by Gasteiger charge is 2.91. The van der Waals surface area contributed by atoms with E-state index in [4.69, 9.17) is 0 Å². The van der Waals surface area contributed by atoms with Gasteiger partial charge in [0, 0.05) is 11.1 Å². The molecule has 0 bridgehead atoms. The van der Waals surface area contributed by atoms with Crippen LogP contribution in [0.5, 0.6) is 0 Å². The minimum absolute atomic E-state index is 0.610. The molecular weight excluding hydrogens is 503 g/mol.